The van der Waals surface area contributed by atoms with E-state index >= 15 is 0 Å². The molecule has 0 N–H and O–H groups in total. The van der Waals surface area contributed by atoms with Gasteiger partial charge in [0.05, 0.1) is 11.7 Å². The SMILES string of the molecule is C=C(C)C1OC(C)(C)C2CC=C(C)C1C2. The molecule has 3 atom stereocenters. The van der Waals surface area contributed by atoms with E-state index in [-0.39, 0.29) is 11.7 Å². The second kappa shape index (κ2) is 3.48. The lowest BCUT2D eigenvalue weighted by Crippen LogP contribution is -2.49. The first-order valence-electron chi connectivity index (χ1n) is 5.91. The van der Waals surface area contributed by atoms with Gasteiger partial charge in [-0.15, -0.1) is 0 Å². The van der Waals surface area contributed by atoms with Gasteiger partial charge in [0.25, 0.3) is 0 Å². The van der Waals surface area contributed by atoms with Gasteiger partial charge in [0.2, 0.25) is 0 Å². The fourth-order valence-corrected chi connectivity index (χ4v) is 2.95. The van der Waals surface area contributed by atoms with Crippen LogP contribution in [0.4, 0.5) is 0 Å². The Morgan fingerprint density at radius 3 is 2.80 bits per heavy atom. The van der Waals surface area contributed by atoms with Gasteiger partial charge in [-0.1, -0.05) is 23.8 Å². The zero-order chi connectivity index (χ0) is 11.2. The van der Waals surface area contributed by atoms with E-state index in [9.17, 15) is 0 Å². The molecule has 1 aliphatic heterocycles. The van der Waals surface area contributed by atoms with Gasteiger partial charge in [-0.3, -0.25) is 0 Å². The maximum absolute atomic E-state index is 6.23. The fourth-order valence-electron chi connectivity index (χ4n) is 2.95. The number of hydrogen-bond acceptors (Lipinski definition) is 1. The van der Waals surface area contributed by atoms with Crippen LogP contribution in [0.2, 0.25) is 0 Å². The maximum atomic E-state index is 6.23. The summed E-state index contributed by atoms with van der Waals surface area (Å²) in [4.78, 5) is 0. The quantitative estimate of drug-likeness (QED) is 0.594. The Morgan fingerprint density at radius 2 is 2.20 bits per heavy atom. The molecule has 0 aromatic carbocycles. The Morgan fingerprint density at radius 1 is 1.53 bits per heavy atom. The molecule has 0 aromatic rings. The highest BCUT2D eigenvalue weighted by atomic mass is 16.5. The Balaban J connectivity index is 2.32. The molecule has 0 spiro atoms. The summed E-state index contributed by atoms with van der Waals surface area (Å²) in [5, 5.41) is 0. The lowest BCUT2D eigenvalue weighted by Gasteiger charge is -2.49. The van der Waals surface area contributed by atoms with Crippen LogP contribution in [0.25, 0.3) is 0 Å². The highest BCUT2D eigenvalue weighted by Gasteiger charge is 2.44. The van der Waals surface area contributed by atoms with Crippen LogP contribution in [-0.4, -0.2) is 11.7 Å². The Hall–Kier alpha value is -0.560. The summed E-state index contributed by atoms with van der Waals surface area (Å²) in [6.45, 7) is 12.8. The summed E-state index contributed by atoms with van der Waals surface area (Å²) in [7, 11) is 0. The largest absolute Gasteiger partial charge is 0.367 e. The van der Waals surface area contributed by atoms with Crippen molar-refractivity contribution in [2.45, 2.75) is 52.2 Å². The van der Waals surface area contributed by atoms with Crippen LogP contribution in [0.15, 0.2) is 23.8 Å². The van der Waals surface area contributed by atoms with Gasteiger partial charge in [-0.25, -0.2) is 0 Å². The van der Waals surface area contributed by atoms with Crippen molar-refractivity contribution in [1.82, 2.24) is 0 Å². The number of fused-ring (bicyclic) bond motifs is 2. The third kappa shape index (κ3) is 1.78. The van der Waals surface area contributed by atoms with Crippen LogP contribution in [0.3, 0.4) is 0 Å². The molecule has 1 aliphatic carbocycles. The van der Waals surface area contributed by atoms with Crippen molar-refractivity contribution >= 4 is 0 Å². The third-order valence-electron chi connectivity index (χ3n) is 4.11. The van der Waals surface area contributed by atoms with Gasteiger partial charge < -0.3 is 4.74 Å². The fraction of sp³-hybridized carbons (Fsp3) is 0.714. The molecule has 0 saturated carbocycles. The minimum atomic E-state index is 0.0112. The molecule has 2 rings (SSSR count). The molecule has 15 heavy (non-hydrogen) atoms. The van der Waals surface area contributed by atoms with E-state index in [4.69, 9.17) is 4.74 Å². The van der Waals surface area contributed by atoms with Crippen molar-refractivity contribution in [3.8, 4) is 0 Å². The van der Waals surface area contributed by atoms with Crippen molar-refractivity contribution in [3.05, 3.63) is 23.8 Å². The van der Waals surface area contributed by atoms with Gasteiger partial charge >= 0.3 is 0 Å². The zero-order valence-electron chi connectivity index (χ0n) is 10.3. The van der Waals surface area contributed by atoms with Crippen molar-refractivity contribution < 1.29 is 4.74 Å². The van der Waals surface area contributed by atoms with Gasteiger partial charge in [-0.2, -0.15) is 0 Å². The Kier molecular flexibility index (Phi) is 2.54. The summed E-state index contributed by atoms with van der Waals surface area (Å²) in [6.07, 6.45) is 5.08. The van der Waals surface area contributed by atoms with Crippen LogP contribution in [0.5, 0.6) is 0 Å². The van der Waals surface area contributed by atoms with E-state index < -0.39 is 0 Å². The third-order valence-corrected chi connectivity index (χ3v) is 4.11. The van der Waals surface area contributed by atoms with Gasteiger partial charge in [0, 0.05) is 5.92 Å². The minimum Gasteiger partial charge on any atom is -0.367 e. The number of hydrogen-bond donors (Lipinski definition) is 0. The topological polar surface area (TPSA) is 9.23 Å². The monoisotopic (exact) mass is 206 g/mol. The zero-order valence-corrected chi connectivity index (χ0v) is 10.3. The van der Waals surface area contributed by atoms with Crippen LogP contribution in [-0.2, 0) is 4.74 Å². The summed E-state index contributed by atoms with van der Waals surface area (Å²) in [5.74, 6) is 1.26. The van der Waals surface area contributed by atoms with E-state index in [1.807, 2.05) is 0 Å². The predicted octanol–water partition coefficient (Wildman–Crippen LogP) is 3.71. The molecule has 1 heterocycles. The molecule has 3 unspecified atom stereocenters. The number of allylic oxidation sites excluding steroid dienone is 1. The first-order chi connectivity index (χ1) is 6.92. The van der Waals surface area contributed by atoms with Crippen LogP contribution in [0.1, 0.15) is 40.5 Å². The molecule has 84 valence electrons. The van der Waals surface area contributed by atoms with Gasteiger partial charge in [0.15, 0.2) is 0 Å². The second-order valence-electron chi connectivity index (χ2n) is 5.71. The standard InChI is InChI=1S/C14H22O/c1-9(2)13-12-8-11(7-6-10(12)3)14(4,5)15-13/h6,11-13H,1,7-8H2,2-5H3. The molecule has 0 aromatic heterocycles. The van der Waals surface area contributed by atoms with Crippen LogP contribution in [0, 0.1) is 11.8 Å². The second-order valence-corrected chi connectivity index (χ2v) is 5.71. The van der Waals surface area contributed by atoms with Crippen LogP contribution < -0.4 is 0 Å². The lowest BCUT2D eigenvalue weighted by molar-refractivity contribution is -0.149. The molecular formula is C14H22O. The van der Waals surface area contributed by atoms with Gasteiger partial charge in [-0.05, 0) is 46.5 Å². The molecule has 2 aliphatic rings. The first kappa shape index (κ1) is 10.9. The Bertz CT molecular complexity index is 311. The summed E-state index contributed by atoms with van der Waals surface area (Å²) in [5.41, 5.74) is 2.67. The average Bonchev–Trinajstić information content (AvgIpc) is 2.14. The van der Waals surface area contributed by atoms with Crippen molar-refractivity contribution in [2.75, 3.05) is 0 Å². The number of rotatable bonds is 1. The normalized spacial score (nSPS) is 38.4. The van der Waals surface area contributed by atoms with Crippen LogP contribution >= 0.6 is 0 Å². The predicted molar refractivity (Wildman–Crippen MR) is 63.7 cm³/mol. The molecule has 0 amide bonds. The molecule has 1 saturated heterocycles. The molecule has 1 nitrogen and oxygen atoms in total. The van der Waals surface area contributed by atoms with Crippen molar-refractivity contribution in [2.24, 2.45) is 11.8 Å². The maximum Gasteiger partial charge on any atom is 0.0852 e. The molecule has 2 bridgehead atoms. The summed E-state index contributed by atoms with van der Waals surface area (Å²) in [6, 6.07) is 0. The smallest absolute Gasteiger partial charge is 0.0852 e. The molecule has 1 heteroatoms. The average molecular weight is 206 g/mol. The molecular weight excluding hydrogens is 184 g/mol. The first-order valence-corrected chi connectivity index (χ1v) is 5.91. The van der Waals surface area contributed by atoms with Crippen molar-refractivity contribution in [1.29, 1.82) is 0 Å². The van der Waals surface area contributed by atoms with Gasteiger partial charge in [0.1, 0.15) is 0 Å². The summed E-state index contributed by atoms with van der Waals surface area (Å²) >= 11 is 0. The molecule has 0 radical (unpaired) electrons. The highest BCUT2D eigenvalue weighted by molar-refractivity contribution is 5.20. The van der Waals surface area contributed by atoms with E-state index in [2.05, 4.69) is 40.3 Å². The van der Waals surface area contributed by atoms with E-state index in [0.717, 1.165) is 0 Å². The summed E-state index contributed by atoms with van der Waals surface area (Å²) < 4.78 is 6.23. The Labute approximate surface area is 93.2 Å². The molecule has 1 fully saturated rings. The van der Waals surface area contributed by atoms with E-state index in [1.54, 1.807) is 0 Å². The minimum absolute atomic E-state index is 0.0112. The van der Waals surface area contributed by atoms with E-state index in [0.29, 0.717) is 11.8 Å². The highest BCUT2D eigenvalue weighted by Crippen LogP contribution is 2.46. The van der Waals surface area contributed by atoms with E-state index in [1.165, 1.54) is 24.0 Å². The van der Waals surface area contributed by atoms with Crippen molar-refractivity contribution in [3.63, 3.8) is 0 Å². The number of ether oxygens (including phenoxy) is 1. The lowest BCUT2D eigenvalue weighted by atomic mass is 9.69.